The SMILES string of the molecule is O=[N+]([O-])c1cc(-c2cc(-c3cccc(F)n3)on2)cc(O)c1O. The van der Waals surface area contributed by atoms with E-state index in [0.29, 0.717) is 0 Å². The molecule has 0 fully saturated rings. The van der Waals surface area contributed by atoms with E-state index in [9.17, 15) is 24.7 Å². The third-order valence-electron chi connectivity index (χ3n) is 3.04. The van der Waals surface area contributed by atoms with Crippen LogP contribution in [0.15, 0.2) is 40.9 Å². The lowest BCUT2D eigenvalue weighted by molar-refractivity contribution is -0.385. The van der Waals surface area contributed by atoms with Crippen LogP contribution in [0.5, 0.6) is 11.5 Å². The van der Waals surface area contributed by atoms with E-state index in [1.807, 2.05) is 0 Å². The molecule has 9 heteroatoms. The van der Waals surface area contributed by atoms with Crippen LogP contribution in [0.3, 0.4) is 0 Å². The Hall–Kier alpha value is -3.49. The van der Waals surface area contributed by atoms with E-state index in [-0.39, 0.29) is 22.7 Å². The van der Waals surface area contributed by atoms with Crippen molar-refractivity contribution < 1.29 is 24.0 Å². The van der Waals surface area contributed by atoms with Gasteiger partial charge in [-0.3, -0.25) is 10.1 Å². The zero-order chi connectivity index (χ0) is 16.6. The molecule has 0 unspecified atom stereocenters. The maximum Gasteiger partial charge on any atom is 0.315 e. The summed E-state index contributed by atoms with van der Waals surface area (Å²) in [5.41, 5.74) is -0.169. The maximum atomic E-state index is 13.1. The summed E-state index contributed by atoms with van der Waals surface area (Å²) in [5.74, 6) is -2.05. The first-order valence-electron chi connectivity index (χ1n) is 6.26. The molecule has 1 aromatic carbocycles. The molecule has 23 heavy (non-hydrogen) atoms. The average Bonchev–Trinajstić information content (AvgIpc) is 2.99. The number of aromatic hydroxyl groups is 2. The van der Waals surface area contributed by atoms with E-state index in [0.717, 1.165) is 12.1 Å². The summed E-state index contributed by atoms with van der Waals surface area (Å²) in [6.45, 7) is 0. The van der Waals surface area contributed by atoms with E-state index in [1.165, 1.54) is 24.3 Å². The predicted molar refractivity (Wildman–Crippen MR) is 75.1 cm³/mol. The summed E-state index contributed by atoms with van der Waals surface area (Å²) in [5, 5.41) is 33.6. The summed E-state index contributed by atoms with van der Waals surface area (Å²) in [6, 6.07) is 7.64. The van der Waals surface area contributed by atoms with Gasteiger partial charge in [0, 0.05) is 17.7 Å². The lowest BCUT2D eigenvalue weighted by atomic mass is 10.1. The van der Waals surface area contributed by atoms with Gasteiger partial charge in [-0.05, 0) is 18.2 Å². The van der Waals surface area contributed by atoms with Crippen LogP contribution in [0.2, 0.25) is 0 Å². The Kier molecular flexibility index (Phi) is 3.37. The largest absolute Gasteiger partial charge is 0.504 e. The molecule has 0 radical (unpaired) electrons. The van der Waals surface area contributed by atoms with E-state index in [4.69, 9.17) is 4.52 Å². The van der Waals surface area contributed by atoms with Crippen molar-refractivity contribution in [3.8, 4) is 34.2 Å². The monoisotopic (exact) mass is 317 g/mol. The third-order valence-corrected chi connectivity index (χ3v) is 3.04. The fraction of sp³-hybridized carbons (Fsp3) is 0. The molecular weight excluding hydrogens is 309 g/mol. The highest BCUT2D eigenvalue weighted by molar-refractivity contribution is 5.72. The molecule has 0 saturated heterocycles. The van der Waals surface area contributed by atoms with Crippen molar-refractivity contribution in [2.45, 2.75) is 0 Å². The van der Waals surface area contributed by atoms with Crippen LogP contribution in [0.25, 0.3) is 22.7 Å². The number of hydrogen-bond acceptors (Lipinski definition) is 7. The molecule has 8 nitrogen and oxygen atoms in total. The van der Waals surface area contributed by atoms with Gasteiger partial charge in [-0.25, -0.2) is 4.98 Å². The van der Waals surface area contributed by atoms with Crippen LogP contribution in [0.4, 0.5) is 10.1 Å². The van der Waals surface area contributed by atoms with Gasteiger partial charge in [0.25, 0.3) is 0 Å². The minimum Gasteiger partial charge on any atom is -0.504 e. The topological polar surface area (TPSA) is 123 Å². The number of rotatable bonds is 3. The molecule has 2 N–H and O–H groups in total. The van der Waals surface area contributed by atoms with Crippen LogP contribution >= 0.6 is 0 Å². The molecule has 0 aliphatic carbocycles. The first kappa shape index (κ1) is 14.4. The highest BCUT2D eigenvalue weighted by Crippen LogP contribution is 2.39. The van der Waals surface area contributed by atoms with Gasteiger partial charge < -0.3 is 14.7 Å². The molecule has 0 atom stereocenters. The van der Waals surface area contributed by atoms with Crippen LogP contribution in [-0.2, 0) is 0 Å². The van der Waals surface area contributed by atoms with Crippen LogP contribution < -0.4 is 0 Å². The Bertz CT molecular complexity index is 909. The van der Waals surface area contributed by atoms with Crippen LogP contribution in [0.1, 0.15) is 0 Å². The number of benzene rings is 1. The number of nitro groups is 1. The number of hydrogen-bond donors (Lipinski definition) is 2. The lowest BCUT2D eigenvalue weighted by Crippen LogP contribution is -1.90. The average molecular weight is 317 g/mol. The number of phenolic OH excluding ortho intramolecular Hbond substituents is 2. The number of halogens is 1. The molecule has 0 amide bonds. The summed E-state index contributed by atoms with van der Waals surface area (Å²) in [4.78, 5) is 13.7. The van der Waals surface area contributed by atoms with Gasteiger partial charge in [-0.2, -0.15) is 4.39 Å². The van der Waals surface area contributed by atoms with Crippen molar-refractivity contribution in [3.63, 3.8) is 0 Å². The molecule has 0 aliphatic rings. The minimum absolute atomic E-state index is 0.148. The minimum atomic E-state index is -0.840. The standard InChI is InChI=1S/C14H8FN3O5/c15-13-3-1-2-8(16-13)12-6-9(17-23-12)7-4-10(18(21)22)14(20)11(19)5-7/h1-6,19-20H. The van der Waals surface area contributed by atoms with Gasteiger partial charge in [-0.1, -0.05) is 11.2 Å². The molecule has 2 heterocycles. The van der Waals surface area contributed by atoms with Gasteiger partial charge in [0.1, 0.15) is 11.4 Å². The lowest BCUT2D eigenvalue weighted by Gasteiger charge is -2.01. The Balaban J connectivity index is 2.06. The van der Waals surface area contributed by atoms with Crippen molar-refractivity contribution in [2.75, 3.05) is 0 Å². The second kappa shape index (κ2) is 5.37. The van der Waals surface area contributed by atoms with Crippen molar-refractivity contribution in [1.29, 1.82) is 0 Å². The summed E-state index contributed by atoms with van der Waals surface area (Å²) < 4.78 is 18.2. The first-order chi connectivity index (χ1) is 11.0. The van der Waals surface area contributed by atoms with E-state index >= 15 is 0 Å². The van der Waals surface area contributed by atoms with Gasteiger partial charge in [0.2, 0.25) is 11.7 Å². The Labute approximate surface area is 127 Å². The molecule has 0 aliphatic heterocycles. The fourth-order valence-corrected chi connectivity index (χ4v) is 1.97. The molecule has 3 rings (SSSR count). The number of aromatic nitrogens is 2. The molecule has 0 saturated carbocycles. The molecule has 116 valence electrons. The normalized spacial score (nSPS) is 10.7. The van der Waals surface area contributed by atoms with E-state index in [2.05, 4.69) is 10.1 Å². The van der Waals surface area contributed by atoms with E-state index in [1.54, 1.807) is 0 Å². The Morgan fingerprint density at radius 2 is 1.96 bits per heavy atom. The quantitative estimate of drug-likeness (QED) is 0.329. The summed E-state index contributed by atoms with van der Waals surface area (Å²) in [7, 11) is 0. The van der Waals surface area contributed by atoms with Gasteiger partial charge in [0.05, 0.1) is 4.92 Å². The molecule has 2 aromatic heterocycles. The first-order valence-corrected chi connectivity index (χ1v) is 6.26. The van der Waals surface area contributed by atoms with Crippen molar-refractivity contribution >= 4 is 5.69 Å². The molecule has 0 spiro atoms. The summed E-state index contributed by atoms with van der Waals surface area (Å²) >= 11 is 0. The molecule has 0 bridgehead atoms. The van der Waals surface area contributed by atoms with Crippen molar-refractivity contribution in [3.05, 3.63) is 52.5 Å². The zero-order valence-corrected chi connectivity index (χ0v) is 11.3. The highest BCUT2D eigenvalue weighted by Gasteiger charge is 2.21. The van der Waals surface area contributed by atoms with E-state index < -0.39 is 28.1 Å². The zero-order valence-electron chi connectivity index (χ0n) is 11.3. The number of phenols is 2. The summed E-state index contributed by atoms with van der Waals surface area (Å²) in [6.07, 6.45) is 0. The van der Waals surface area contributed by atoms with Gasteiger partial charge >= 0.3 is 5.69 Å². The second-order valence-electron chi connectivity index (χ2n) is 4.54. The molecular formula is C14H8FN3O5. The molecule has 3 aromatic rings. The van der Waals surface area contributed by atoms with Crippen LogP contribution in [0, 0.1) is 16.1 Å². The second-order valence-corrected chi connectivity index (χ2v) is 4.54. The van der Waals surface area contributed by atoms with Crippen molar-refractivity contribution in [1.82, 2.24) is 10.1 Å². The van der Waals surface area contributed by atoms with Gasteiger partial charge in [0.15, 0.2) is 11.5 Å². The van der Waals surface area contributed by atoms with Crippen LogP contribution in [-0.4, -0.2) is 25.3 Å². The van der Waals surface area contributed by atoms with Crippen molar-refractivity contribution in [2.24, 2.45) is 0 Å². The third kappa shape index (κ3) is 2.67. The van der Waals surface area contributed by atoms with Gasteiger partial charge in [-0.15, -0.1) is 0 Å². The number of pyridine rings is 1. The Morgan fingerprint density at radius 1 is 1.17 bits per heavy atom. The number of nitro benzene ring substituents is 1. The fourth-order valence-electron chi connectivity index (χ4n) is 1.97. The smallest absolute Gasteiger partial charge is 0.315 e. The maximum absolute atomic E-state index is 13.1. The Morgan fingerprint density at radius 3 is 2.65 bits per heavy atom. The highest BCUT2D eigenvalue weighted by atomic mass is 19.1. The predicted octanol–water partition coefficient (Wildman–Crippen LogP) is 2.86. The number of nitrogens with zero attached hydrogens (tertiary/aromatic N) is 3.